The number of aryl methyl sites for hydroxylation is 1. The highest BCUT2D eigenvalue weighted by atomic mass is 32.2. The molecule has 1 saturated heterocycles. The van der Waals surface area contributed by atoms with Crippen LogP contribution in [0.15, 0.2) is 47.4 Å². The summed E-state index contributed by atoms with van der Waals surface area (Å²) in [5, 5.41) is 4.03. The normalized spacial score (nSPS) is 15.1. The Morgan fingerprint density at radius 1 is 1.06 bits per heavy atom. The molecule has 1 aliphatic rings. The van der Waals surface area contributed by atoms with Crippen molar-refractivity contribution in [2.45, 2.75) is 25.7 Å². The fourth-order valence-electron chi connectivity index (χ4n) is 4.29. The fourth-order valence-corrected chi connectivity index (χ4v) is 6.85. The second kappa shape index (κ2) is 11.0. The van der Waals surface area contributed by atoms with E-state index in [-0.39, 0.29) is 10.8 Å². The van der Waals surface area contributed by atoms with E-state index in [9.17, 15) is 13.2 Å². The Morgan fingerprint density at radius 3 is 2.37 bits per heavy atom. The van der Waals surface area contributed by atoms with E-state index in [0.717, 1.165) is 43.4 Å². The molecular formula is C25H33N5O3S2. The van der Waals surface area contributed by atoms with E-state index in [1.54, 1.807) is 23.5 Å². The zero-order valence-electron chi connectivity index (χ0n) is 20.5. The number of para-hydroxylation sites is 1. The van der Waals surface area contributed by atoms with E-state index in [2.05, 4.69) is 40.2 Å². The molecule has 188 valence electrons. The minimum atomic E-state index is -3.52. The molecule has 4 rings (SSSR count). The lowest BCUT2D eigenvalue weighted by atomic mass is 10.2. The van der Waals surface area contributed by atoms with Gasteiger partial charge in [-0.2, -0.15) is 4.31 Å². The first-order chi connectivity index (χ1) is 16.8. The number of benzene rings is 2. The molecule has 1 aliphatic heterocycles. The zero-order valence-corrected chi connectivity index (χ0v) is 22.2. The quantitative estimate of drug-likeness (QED) is 0.471. The van der Waals surface area contributed by atoms with Crippen molar-refractivity contribution in [3.63, 3.8) is 0 Å². The summed E-state index contributed by atoms with van der Waals surface area (Å²) in [6.07, 6.45) is 0. The monoisotopic (exact) mass is 515 g/mol. The molecule has 8 nitrogen and oxygen atoms in total. The number of thiazole rings is 1. The van der Waals surface area contributed by atoms with Gasteiger partial charge in [-0.25, -0.2) is 13.4 Å². The first-order valence-electron chi connectivity index (χ1n) is 12.0. The Hall–Kier alpha value is -2.53. The van der Waals surface area contributed by atoms with E-state index >= 15 is 0 Å². The number of piperazine rings is 1. The predicted octanol–water partition coefficient (Wildman–Crippen LogP) is 3.19. The topological polar surface area (TPSA) is 85.8 Å². The number of nitrogens with one attached hydrogen (secondary N) is 1. The van der Waals surface area contributed by atoms with Gasteiger partial charge in [0.15, 0.2) is 5.13 Å². The van der Waals surface area contributed by atoms with Gasteiger partial charge in [0.1, 0.15) is 0 Å². The van der Waals surface area contributed by atoms with Crippen molar-refractivity contribution in [3.05, 3.63) is 53.6 Å². The highest BCUT2D eigenvalue weighted by molar-refractivity contribution is 7.89. The van der Waals surface area contributed by atoms with Crippen LogP contribution in [0.2, 0.25) is 0 Å². The maximum absolute atomic E-state index is 12.6. The molecule has 2 aromatic carbocycles. The second-order valence-electron chi connectivity index (χ2n) is 8.62. The van der Waals surface area contributed by atoms with Crippen molar-refractivity contribution >= 4 is 42.6 Å². The van der Waals surface area contributed by atoms with Crippen molar-refractivity contribution in [2.75, 3.05) is 57.3 Å². The molecule has 1 aromatic heterocycles. The summed E-state index contributed by atoms with van der Waals surface area (Å²) in [7, 11) is -3.52. The minimum Gasteiger partial charge on any atom is -0.351 e. The molecule has 35 heavy (non-hydrogen) atoms. The van der Waals surface area contributed by atoms with Crippen LogP contribution in [0.4, 0.5) is 5.13 Å². The fraction of sp³-hybridized carbons (Fsp3) is 0.440. The molecule has 0 spiro atoms. The number of rotatable bonds is 9. The third-order valence-corrected chi connectivity index (χ3v) is 9.57. The summed E-state index contributed by atoms with van der Waals surface area (Å²) in [5.74, 6) is -0.194. The Labute approximate surface area is 211 Å². The molecule has 1 N–H and O–H groups in total. The number of anilines is 1. The molecule has 1 amide bonds. The van der Waals surface area contributed by atoms with E-state index in [1.807, 2.05) is 13.8 Å². The molecule has 0 unspecified atom stereocenters. The molecule has 10 heteroatoms. The van der Waals surface area contributed by atoms with Gasteiger partial charge < -0.3 is 10.2 Å². The number of carbonyl (C=O) groups excluding carboxylic acids is 1. The number of aromatic nitrogens is 1. The number of amides is 1. The van der Waals surface area contributed by atoms with Crippen molar-refractivity contribution in [2.24, 2.45) is 0 Å². The zero-order chi connectivity index (χ0) is 25.0. The molecule has 0 saturated carbocycles. The average Bonchev–Trinajstić information content (AvgIpc) is 3.31. The van der Waals surface area contributed by atoms with E-state index in [0.29, 0.717) is 25.2 Å². The van der Waals surface area contributed by atoms with Crippen LogP contribution in [0.1, 0.15) is 29.8 Å². The van der Waals surface area contributed by atoms with Crippen LogP contribution >= 0.6 is 11.3 Å². The molecule has 1 fully saturated rings. The highest BCUT2D eigenvalue weighted by Crippen LogP contribution is 2.31. The number of fused-ring (bicyclic) bond motifs is 1. The molecule has 0 atom stereocenters. The third-order valence-electron chi connectivity index (χ3n) is 6.43. The smallest absolute Gasteiger partial charge is 0.251 e. The molecule has 0 radical (unpaired) electrons. The van der Waals surface area contributed by atoms with Gasteiger partial charge in [-0.15, -0.1) is 0 Å². The van der Waals surface area contributed by atoms with Crippen LogP contribution in [0.3, 0.4) is 0 Å². The van der Waals surface area contributed by atoms with Gasteiger partial charge >= 0.3 is 0 Å². The number of nitrogens with zero attached hydrogens (tertiary/aromatic N) is 4. The van der Waals surface area contributed by atoms with Gasteiger partial charge in [0.05, 0.1) is 15.1 Å². The molecular weight excluding hydrogens is 482 g/mol. The van der Waals surface area contributed by atoms with Crippen molar-refractivity contribution in [3.8, 4) is 0 Å². The van der Waals surface area contributed by atoms with Gasteiger partial charge in [0.25, 0.3) is 5.91 Å². The van der Waals surface area contributed by atoms with Gasteiger partial charge in [-0.3, -0.25) is 9.69 Å². The number of hydrogen-bond acceptors (Lipinski definition) is 7. The maximum Gasteiger partial charge on any atom is 0.251 e. The molecule has 0 bridgehead atoms. The minimum absolute atomic E-state index is 0.194. The molecule has 0 aliphatic carbocycles. The number of hydrogen-bond donors (Lipinski definition) is 1. The van der Waals surface area contributed by atoms with Crippen LogP contribution in [-0.4, -0.2) is 80.9 Å². The Bertz CT molecular complexity index is 1260. The van der Waals surface area contributed by atoms with Crippen molar-refractivity contribution < 1.29 is 13.2 Å². The van der Waals surface area contributed by atoms with Gasteiger partial charge in [-0.1, -0.05) is 37.3 Å². The van der Waals surface area contributed by atoms with Gasteiger partial charge in [0.2, 0.25) is 10.0 Å². The molecule has 2 heterocycles. The van der Waals surface area contributed by atoms with Crippen LogP contribution in [-0.2, 0) is 10.0 Å². The third kappa shape index (κ3) is 5.66. The Morgan fingerprint density at radius 2 is 1.74 bits per heavy atom. The Balaban J connectivity index is 1.24. The van der Waals surface area contributed by atoms with Crippen LogP contribution in [0, 0.1) is 6.92 Å². The van der Waals surface area contributed by atoms with E-state index in [4.69, 9.17) is 4.98 Å². The van der Waals surface area contributed by atoms with Crippen LogP contribution in [0.25, 0.3) is 10.2 Å². The first-order valence-corrected chi connectivity index (χ1v) is 14.3. The SMILES string of the molecule is CCN(CC)S(=O)(=O)c1ccc(C(=O)NCCN2CCN(c3nc4c(C)cccc4s3)CC2)cc1. The number of sulfonamides is 1. The van der Waals surface area contributed by atoms with Crippen LogP contribution in [0.5, 0.6) is 0 Å². The van der Waals surface area contributed by atoms with Crippen LogP contribution < -0.4 is 10.2 Å². The standard InChI is InChI=1S/C25H33N5O3S2/c1-4-30(5-2)35(32,33)21-11-9-20(10-12-21)24(31)26-13-14-28-15-17-29(18-16-28)25-27-23-19(3)7-6-8-22(23)34-25/h6-12H,4-5,13-18H2,1-3H3,(H,26,31). The van der Waals surface area contributed by atoms with Gasteiger partial charge in [-0.05, 0) is 42.8 Å². The first kappa shape index (κ1) is 25.6. The lowest BCUT2D eigenvalue weighted by molar-refractivity contribution is 0.0947. The highest BCUT2D eigenvalue weighted by Gasteiger charge is 2.22. The Kier molecular flexibility index (Phi) is 8.05. The predicted molar refractivity (Wildman–Crippen MR) is 142 cm³/mol. The van der Waals surface area contributed by atoms with Crippen molar-refractivity contribution in [1.29, 1.82) is 0 Å². The largest absolute Gasteiger partial charge is 0.351 e. The van der Waals surface area contributed by atoms with E-state index < -0.39 is 10.0 Å². The summed E-state index contributed by atoms with van der Waals surface area (Å²) in [4.78, 5) is 22.3. The van der Waals surface area contributed by atoms with Crippen molar-refractivity contribution in [1.82, 2.24) is 19.5 Å². The summed E-state index contributed by atoms with van der Waals surface area (Å²) in [5.41, 5.74) is 2.76. The molecule has 3 aromatic rings. The summed E-state index contributed by atoms with van der Waals surface area (Å²) in [6.45, 7) is 11.5. The van der Waals surface area contributed by atoms with E-state index in [1.165, 1.54) is 26.7 Å². The lowest BCUT2D eigenvalue weighted by Gasteiger charge is -2.34. The second-order valence-corrected chi connectivity index (χ2v) is 11.6. The lowest BCUT2D eigenvalue weighted by Crippen LogP contribution is -2.48. The average molecular weight is 516 g/mol. The number of carbonyl (C=O) groups is 1. The summed E-state index contributed by atoms with van der Waals surface area (Å²) < 4.78 is 27.8. The summed E-state index contributed by atoms with van der Waals surface area (Å²) >= 11 is 1.74. The van der Waals surface area contributed by atoms with Gasteiger partial charge in [0, 0.05) is 57.9 Å². The maximum atomic E-state index is 12.6. The summed E-state index contributed by atoms with van der Waals surface area (Å²) in [6, 6.07) is 12.5.